The molecular formula is C60H58Br3N10NaO19S. The average Bonchev–Trinajstić information content (AvgIpc) is 0.920. The first-order chi connectivity index (χ1) is 44.2. The van der Waals surface area contributed by atoms with E-state index < -0.39 is 31.9 Å². The van der Waals surface area contributed by atoms with Gasteiger partial charge in [0.1, 0.15) is 45.6 Å². The molecule has 0 aliphatic heterocycles. The van der Waals surface area contributed by atoms with Gasteiger partial charge in [-0.05, 0) is 171 Å². The van der Waals surface area contributed by atoms with E-state index in [1.807, 2.05) is 36.4 Å². The summed E-state index contributed by atoms with van der Waals surface area (Å²) in [4.78, 5) is 63.2. The number of phenolic OH excluding ortho intramolecular Hbond substituents is 2. The molecule has 10 aromatic rings. The Morgan fingerprint density at radius 1 is 0.617 bits per heavy atom. The van der Waals surface area contributed by atoms with Gasteiger partial charge in [-0.1, -0.05) is 15.9 Å². The number of aliphatic carboxylic acids is 1. The van der Waals surface area contributed by atoms with E-state index in [-0.39, 0.29) is 72.8 Å². The first kappa shape index (κ1) is 80.5. The number of anilines is 3. The van der Waals surface area contributed by atoms with Gasteiger partial charge in [0.25, 0.3) is 5.69 Å². The van der Waals surface area contributed by atoms with Crippen LogP contribution in [-0.4, -0.2) is 115 Å². The summed E-state index contributed by atoms with van der Waals surface area (Å²) in [5.41, 5.74) is 22.3. The Labute approximate surface area is 583 Å². The predicted octanol–water partition coefficient (Wildman–Crippen LogP) is 8.83. The number of carbonyl (C=O) groups is 2. The Hall–Kier alpha value is -9.61. The minimum atomic E-state index is -3.61. The van der Waals surface area contributed by atoms with Crippen molar-refractivity contribution in [1.82, 2.24) is 19.9 Å². The molecule has 10 rings (SSSR count). The number of nitro groups is 2. The topological polar surface area (TPSA) is 453 Å². The van der Waals surface area contributed by atoms with Crippen LogP contribution >= 0.6 is 47.8 Å². The van der Waals surface area contributed by atoms with E-state index in [4.69, 9.17) is 56.5 Å². The van der Waals surface area contributed by atoms with E-state index in [1.54, 1.807) is 119 Å². The number of methoxy groups -OCH3 is 6. The molecule has 29 nitrogen and oxygen atoms in total. The van der Waals surface area contributed by atoms with Crippen molar-refractivity contribution in [1.29, 1.82) is 0 Å². The standard InChI is InChI=1S/C17H14BrNO4S.C10H8N2O3.C10H10N2O.C9H8N2O.C7H9NO.C4H4Br2O3.C3H5NO4.HNO2.Na/c1-23-16-5-2-13(18)8-17(16)24(21,22)10-11-6-12-7-14(20)3-4-15(12)19-9-11;1-15-9-2-3-10-7(5-9)4-8(6-11-10)12(13)14;1-13-9-2-3-10-7(5-9)4-8(11)6-12-10;10-7-3-6-4-8(12)1-2-9(6)11-5-7;1-9-7-4-2-6(8)3-5-7;1-9-3(6)2(5)4(7)8;1-8-3(2-5)4(6)7;2-1-3;/h2-9,20H,10H2,1H3;2-6H,1H3;2-6H,11H2,1H3;1-5,12H,10H2;2-5H,8H2,1H3;1H3,(H,7,8);2-3H,1H3;(H,2,3);/q;;;;;;;;+1/p-1/b;;;;;3-2+;;;. The fourth-order valence-corrected chi connectivity index (χ4v) is 9.48. The van der Waals surface area contributed by atoms with Crippen LogP contribution in [0.2, 0.25) is 0 Å². The molecular weight excluding hydrogens is 1460 g/mol. The molecule has 4 heterocycles. The first-order valence-corrected chi connectivity index (χ1v) is 29.8. The number of nitrogen functional groups attached to an aromatic ring is 3. The zero-order chi connectivity index (χ0) is 69.4. The molecule has 0 aliphatic carbocycles. The Kier molecular flexibility index (Phi) is 35.2. The van der Waals surface area contributed by atoms with Crippen LogP contribution in [-0.2, 0) is 34.7 Å². The van der Waals surface area contributed by atoms with E-state index in [9.17, 15) is 43.3 Å². The van der Waals surface area contributed by atoms with Gasteiger partial charge in [0.2, 0.25) is 6.29 Å². The van der Waals surface area contributed by atoms with Crippen molar-refractivity contribution in [2.75, 3.05) is 59.9 Å². The molecule has 1 atom stereocenters. The van der Waals surface area contributed by atoms with Gasteiger partial charge in [-0.2, -0.15) is 0 Å². The third-order valence-electron chi connectivity index (χ3n) is 11.4. The summed E-state index contributed by atoms with van der Waals surface area (Å²) in [5.74, 6) is 1.67. The SMILES string of the molecule is CO/C(Br)=C(/Br)C(=O)O.COC(C=O)[N+](=O)[O-].COc1ccc(Br)cc1S(=O)(=O)Cc1cnc2ccc(O)cc2c1.COc1ccc(N)cc1.COc1ccc2ncc(N)cc2c1.COc1ccc2ncc([N+](=O)[O-])cc2c1.Nc1cnc2ccc(O)cc2c1.O=N[O-].[Na+]. The summed E-state index contributed by atoms with van der Waals surface area (Å²) in [6.45, 7) is 0. The fourth-order valence-electron chi connectivity index (χ4n) is 7.12. The monoisotopic (exact) mass is 1510 g/mol. The van der Waals surface area contributed by atoms with Crippen LogP contribution in [0.5, 0.6) is 34.5 Å². The number of pyridine rings is 4. The largest absolute Gasteiger partial charge is 1.00 e. The molecule has 490 valence electrons. The van der Waals surface area contributed by atoms with Crippen molar-refractivity contribution in [3.8, 4) is 34.5 Å². The Morgan fingerprint density at radius 2 is 1.05 bits per heavy atom. The van der Waals surface area contributed by atoms with Crippen LogP contribution in [0.3, 0.4) is 0 Å². The third-order valence-corrected chi connectivity index (χ3v) is 15.6. The predicted molar refractivity (Wildman–Crippen MR) is 360 cm³/mol. The molecule has 0 bridgehead atoms. The van der Waals surface area contributed by atoms with E-state index in [1.165, 1.54) is 44.8 Å². The molecule has 4 aromatic heterocycles. The maximum Gasteiger partial charge on any atom is 1.00 e. The number of aromatic hydroxyl groups is 2. The average molecular weight is 1520 g/mol. The second-order valence-electron chi connectivity index (χ2n) is 17.7. The molecule has 9 N–H and O–H groups in total. The van der Waals surface area contributed by atoms with Crippen molar-refractivity contribution in [3.63, 3.8) is 0 Å². The molecule has 34 heteroatoms. The molecule has 6 aromatic carbocycles. The number of fused-ring (bicyclic) bond motifs is 4. The summed E-state index contributed by atoms with van der Waals surface area (Å²) in [5, 5.41) is 59.4. The summed E-state index contributed by atoms with van der Waals surface area (Å²) < 4.78 is 55.2. The number of halogens is 3. The number of aromatic nitrogens is 4. The van der Waals surface area contributed by atoms with E-state index in [0.29, 0.717) is 54.7 Å². The second kappa shape index (κ2) is 41.1. The summed E-state index contributed by atoms with van der Waals surface area (Å²) >= 11 is 8.93. The minimum Gasteiger partial charge on any atom is -0.508 e. The van der Waals surface area contributed by atoms with Gasteiger partial charge >= 0.3 is 41.8 Å². The van der Waals surface area contributed by atoms with Crippen LogP contribution in [0.4, 0.5) is 22.7 Å². The Balaban J connectivity index is 0.000000383. The summed E-state index contributed by atoms with van der Waals surface area (Å²) in [6.07, 6.45) is 4.64. The van der Waals surface area contributed by atoms with E-state index >= 15 is 0 Å². The van der Waals surface area contributed by atoms with Crippen LogP contribution in [0, 0.1) is 30.3 Å². The van der Waals surface area contributed by atoms with Crippen LogP contribution < -0.4 is 65.7 Å². The van der Waals surface area contributed by atoms with Gasteiger partial charge in [-0.15, -0.1) is 5.34 Å². The zero-order valence-corrected chi connectivity index (χ0v) is 58.3. The molecule has 0 saturated carbocycles. The quantitative estimate of drug-likeness (QED) is 0.00722. The molecule has 0 radical (unpaired) electrons. The van der Waals surface area contributed by atoms with Crippen molar-refractivity contribution >= 4 is 136 Å². The number of sulfone groups is 1. The van der Waals surface area contributed by atoms with Crippen molar-refractivity contribution < 1.29 is 101 Å². The maximum absolute atomic E-state index is 12.8. The second-order valence-corrected chi connectivity index (χ2v) is 22.1. The zero-order valence-electron chi connectivity index (χ0n) is 50.7. The summed E-state index contributed by atoms with van der Waals surface area (Å²) in [6, 6.07) is 39.7. The molecule has 1 unspecified atom stereocenters. The van der Waals surface area contributed by atoms with Crippen molar-refractivity contribution in [2.24, 2.45) is 5.34 Å². The molecule has 0 spiro atoms. The molecule has 0 saturated heterocycles. The van der Waals surface area contributed by atoms with E-state index in [0.717, 1.165) is 51.4 Å². The molecule has 0 amide bonds. The van der Waals surface area contributed by atoms with Gasteiger partial charge < -0.3 is 71.1 Å². The van der Waals surface area contributed by atoms with Gasteiger partial charge in [-0.3, -0.25) is 40.0 Å². The Morgan fingerprint density at radius 3 is 1.46 bits per heavy atom. The number of ether oxygens (including phenoxy) is 6. The normalized spacial score (nSPS) is 10.6. The van der Waals surface area contributed by atoms with Crippen LogP contribution in [0.25, 0.3) is 43.6 Å². The van der Waals surface area contributed by atoms with Gasteiger partial charge in [0.05, 0.1) is 97.0 Å². The van der Waals surface area contributed by atoms with Gasteiger partial charge in [0, 0.05) is 51.1 Å². The number of carbonyl (C=O) groups excluding carboxylic acids is 1. The maximum atomic E-state index is 12.8. The molecule has 94 heavy (non-hydrogen) atoms. The number of benzene rings is 6. The Bertz CT molecular complexity index is 4290. The smallest absolute Gasteiger partial charge is 0.508 e. The molecule has 0 fully saturated rings. The fraction of sp³-hybridized carbons (Fsp3) is 0.133. The first-order valence-electron chi connectivity index (χ1n) is 25.7. The number of carboxylic acids is 1. The van der Waals surface area contributed by atoms with Crippen LogP contribution in [0.1, 0.15) is 5.56 Å². The van der Waals surface area contributed by atoms with Crippen LogP contribution in [0.15, 0.2) is 188 Å². The van der Waals surface area contributed by atoms with Crippen molar-refractivity contribution in [3.05, 3.63) is 214 Å². The number of aldehydes is 1. The number of nitrogens with two attached hydrogens (primary N) is 3. The summed E-state index contributed by atoms with van der Waals surface area (Å²) in [7, 11) is 5.10. The number of hydrogen-bond acceptors (Lipinski definition) is 26. The number of phenols is 2. The number of rotatable bonds is 13. The number of hydrogen-bond donors (Lipinski definition) is 6. The minimum absolute atomic E-state index is 0. The van der Waals surface area contributed by atoms with Gasteiger partial charge in [-0.25, -0.2) is 18.2 Å². The van der Waals surface area contributed by atoms with E-state index in [2.05, 4.69) is 77.2 Å². The number of nitrogens with zero attached hydrogens (tertiary/aromatic N) is 7. The number of carboxylic acid groups (broad SMARTS) is 1. The van der Waals surface area contributed by atoms with Gasteiger partial charge in [0.15, 0.2) is 19.0 Å². The van der Waals surface area contributed by atoms with Crippen molar-refractivity contribution in [2.45, 2.75) is 16.9 Å². The molecule has 0 aliphatic rings. The third kappa shape index (κ3) is 26.9.